The number of benzene rings is 1. The van der Waals surface area contributed by atoms with Gasteiger partial charge in [-0.05, 0) is 25.1 Å². The van der Waals surface area contributed by atoms with Crippen molar-refractivity contribution in [1.29, 1.82) is 0 Å². The van der Waals surface area contributed by atoms with Gasteiger partial charge in [0, 0.05) is 17.0 Å². The van der Waals surface area contributed by atoms with Gasteiger partial charge in [-0.2, -0.15) is 0 Å². The molecule has 0 saturated carbocycles. The molecule has 0 N–H and O–H groups in total. The van der Waals surface area contributed by atoms with Crippen molar-refractivity contribution in [2.75, 3.05) is 0 Å². The molecule has 0 saturated heterocycles. The Morgan fingerprint density at radius 2 is 1.94 bits per heavy atom. The van der Waals surface area contributed by atoms with Crippen LogP contribution in [0.4, 0.5) is 5.69 Å². The SMILES string of the molecule is C=C(C)/C=C\C(=C)OSc1ccc([N+](=O)[O-])cc1. The van der Waals surface area contributed by atoms with Crippen molar-refractivity contribution < 1.29 is 9.11 Å². The summed E-state index contributed by atoms with van der Waals surface area (Å²) in [7, 11) is 0. The normalized spacial score (nSPS) is 10.3. The third-order valence-electron chi connectivity index (χ3n) is 1.85. The average Bonchev–Trinajstić information content (AvgIpc) is 2.34. The van der Waals surface area contributed by atoms with Gasteiger partial charge >= 0.3 is 0 Å². The fourth-order valence-electron chi connectivity index (χ4n) is 0.988. The number of hydrogen-bond acceptors (Lipinski definition) is 4. The monoisotopic (exact) mass is 263 g/mol. The molecule has 0 bridgehead atoms. The van der Waals surface area contributed by atoms with Crippen LogP contribution in [-0.2, 0) is 4.18 Å². The highest BCUT2D eigenvalue weighted by Gasteiger charge is 2.04. The summed E-state index contributed by atoms with van der Waals surface area (Å²) in [6.07, 6.45) is 3.50. The second-order valence-electron chi connectivity index (χ2n) is 3.56. The maximum atomic E-state index is 10.5. The van der Waals surface area contributed by atoms with Crippen LogP contribution in [0.15, 0.2) is 65.8 Å². The molecule has 18 heavy (non-hydrogen) atoms. The molecule has 0 fully saturated rings. The molecular formula is C13H13NO3S. The average molecular weight is 263 g/mol. The van der Waals surface area contributed by atoms with Gasteiger partial charge in [-0.1, -0.05) is 24.8 Å². The number of nitrogens with zero attached hydrogens (tertiary/aromatic N) is 1. The van der Waals surface area contributed by atoms with E-state index < -0.39 is 4.92 Å². The molecule has 1 aromatic rings. The number of nitro benzene ring substituents is 1. The molecule has 0 unspecified atom stereocenters. The summed E-state index contributed by atoms with van der Waals surface area (Å²) in [5, 5.41) is 10.5. The Hall–Kier alpha value is -2.01. The van der Waals surface area contributed by atoms with Crippen molar-refractivity contribution >= 4 is 17.7 Å². The summed E-state index contributed by atoms with van der Waals surface area (Å²) in [4.78, 5) is 10.8. The third-order valence-corrected chi connectivity index (χ3v) is 2.61. The highest BCUT2D eigenvalue weighted by molar-refractivity contribution is 7.94. The molecule has 0 atom stereocenters. The standard InChI is InChI=1S/C13H13NO3S/c1-10(2)4-5-11(3)17-18-13-8-6-12(7-9-13)14(15)16/h4-9H,1,3H2,2H3/b5-4-. The Kier molecular flexibility index (Phi) is 5.20. The topological polar surface area (TPSA) is 52.4 Å². The number of non-ortho nitro benzene ring substituents is 1. The molecule has 1 aromatic carbocycles. The fraction of sp³-hybridized carbons (Fsp3) is 0.0769. The summed E-state index contributed by atoms with van der Waals surface area (Å²) in [5.74, 6) is 0.487. The van der Waals surface area contributed by atoms with Crippen molar-refractivity contribution in [1.82, 2.24) is 0 Å². The molecule has 0 aromatic heterocycles. The Morgan fingerprint density at radius 3 is 2.44 bits per heavy atom. The van der Waals surface area contributed by atoms with Crippen molar-refractivity contribution in [3.05, 3.63) is 71.0 Å². The van der Waals surface area contributed by atoms with Crippen LogP contribution in [-0.4, -0.2) is 4.92 Å². The van der Waals surface area contributed by atoms with E-state index in [0.29, 0.717) is 5.76 Å². The Morgan fingerprint density at radius 1 is 1.33 bits per heavy atom. The lowest BCUT2D eigenvalue weighted by Gasteiger charge is -2.02. The summed E-state index contributed by atoms with van der Waals surface area (Å²) in [6, 6.07) is 6.10. The predicted octanol–water partition coefficient (Wildman–Crippen LogP) is 4.26. The Labute approximate surface area is 110 Å². The first-order valence-electron chi connectivity index (χ1n) is 5.10. The number of rotatable bonds is 6. The molecule has 0 radical (unpaired) electrons. The lowest BCUT2D eigenvalue weighted by molar-refractivity contribution is -0.384. The quantitative estimate of drug-likeness (QED) is 0.253. The number of hydrogen-bond donors (Lipinski definition) is 0. The van der Waals surface area contributed by atoms with E-state index >= 15 is 0 Å². The van der Waals surface area contributed by atoms with Crippen molar-refractivity contribution in [3.8, 4) is 0 Å². The largest absolute Gasteiger partial charge is 0.421 e. The van der Waals surface area contributed by atoms with E-state index in [4.69, 9.17) is 4.18 Å². The van der Waals surface area contributed by atoms with Gasteiger partial charge in [-0.15, -0.1) is 0 Å². The zero-order chi connectivity index (χ0) is 13.5. The van der Waals surface area contributed by atoms with E-state index in [1.54, 1.807) is 24.3 Å². The van der Waals surface area contributed by atoms with Crippen LogP contribution >= 0.6 is 12.0 Å². The zero-order valence-electron chi connectivity index (χ0n) is 9.96. The zero-order valence-corrected chi connectivity index (χ0v) is 10.8. The van der Waals surface area contributed by atoms with Crippen molar-refractivity contribution in [2.24, 2.45) is 0 Å². The Bertz CT molecular complexity index is 491. The fourth-order valence-corrected chi connectivity index (χ4v) is 1.49. The second-order valence-corrected chi connectivity index (χ2v) is 4.37. The molecule has 94 valence electrons. The van der Waals surface area contributed by atoms with Crippen LogP contribution in [0.2, 0.25) is 0 Å². The highest BCUT2D eigenvalue weighted by Crippen LogP contribution is 2.24. The summed E-state index contributed by atoms with van der Waals surface area (Å²) in [5.41, 5.74) is 0.959. The van der Waals surface area contributed by atoms with E-state index in [1.807, 2.05) is 6.92 Å². The summed E-state index contributed by atoms with van der Waals surface area (Å²) < 4.78 is 5.30. The van der Waals surface area contributed by atoms with E-state index in [1.165, 1.54) is 12.1 Å². The molecule has 0 heterocycles. The van der Waals surface area contributed by atoms with Crippen molar-refractivity contribution in [3.63, 3.8) is 0 Å². The van der Waals surface area contributed by atoms with Gasteiger partial charge in [-0.3, -0.25) is 10.1 Å². The van der Waals surface area contributed by atoms with Gasteiger partial charge in [0.2, 0.25) is 0 Å². The second kappa shape index (κ2) is 6.66. The lowest BCUT2D eigenvalue weighted by atomic mass is 10.3. The molecular weight excluding hydrogens is 250 g/mol. The van der Waals surface area contributed by atoms with Gasteiger partial charge < -0.3 is 4.18 Å². The van der Waals surface area contributed by atoms with Crippen LogP contribution in [0, 0.1) is 10.1 Å². The summed E-state index contributed by atoms with van der Waals surface area (Å²) >= 11 is 1.10. The van der Waals surface area contributed by atoms with E-state index in [0.717, 1.165) is 22.5 Å². The molecule has 5 heteroatoms. The first-order chi connectivity index (χ1) is 8.49. The molecule has 0 aliphatic carbocycles. The van der Waals surface area contributed by atoms with Crippen LogP contribution in [0.3, 0.4) is 0 Å². The first-order valence-corrected chi connectivity index (χ1v) is 5.84. The maximum Gasteiger partial charge on any atom is 0.269 e. The minimum atomic E-state index is -0.441. The minimum Gasteiger partial charge on any atom is -0.421 e. The van der Waals surface area contributed by atoms with Crippen LogP contribution in [0.25, 0.3) is 0 Å². The number of allylic oxidation sites excluding steroid dienone is 3. The number of nitro groups is 1. The maximum absolute atomic E-state index is 10.5. The Balaban J connectivity index is 2.51. The molecule has 4 nitrogen and oxygen atoms in total. The molecule has 0 aliphatic heterocycles. The smallest absolute Gasteiger partial charge is 0.269 e. The van der Waals surface area contributed by atoms with Crippen LogP contribution in [0.5, 0.6) is 0 Å². The molecule has 0 amide bonds. The lowest BCUT2D eigenvalue weighted by Crippen LogP contribution is -1.86. The van der Waals surface area contributed by atoms with E-state index in [2.05, 4.69) is 13.2 Å². The van der Waals surface area contributed by atoms with Gasteiger partial charge in [0.05, 0.1) is 17.0 Å². The molecule has 0 aliphatic rings. The first kappa shape index (κ1) is 14.1. The summed E-state index contributed by atoms with van der Waals surface area (Å²) in [6.45, 7) is 9.29. The predicted molar refractivity (Wildman–Crippen MR) is 73.1 cm³/mol. The molecule has 0 spiro atoms. The third kappa shape index (κ3) is 4.88. The highest BCUT2D eigenvalue weighted by atomic mass is 32.2. The minimum absolute atomic E-state index is 0.0559. The van der Waals surface area contributed by atoms with Gasteiger partial charge in [0.25, 0.3) is 5.69 Å². The van der Waals surface area contributed by atoms with Crippen LogP contribution in [0.1, 0.15) is 6.92 Å². The van der Waals surface area contributed by atoms with Gasteiger partial charge in [0.15, 0.2) is 0 Å². The van der Waals surface area contributed by atoms with E-state index in [-0.39, 0.29) is 5.69 Å². The van der Waals surface area contributed by atoms with Crippen LogP contribution < -0.4 is 0 Å². The van der Waals surface area contributed by atoms with Crippen molar-refractivity contribution in [2.45, 2.75) is 11.8 Å². The molecule has 1 rings (SSSR count). The van der Waals surface area contributed by atoms with Gasteiger partial charge in [-0.25, -0.2) is 0 Å². The van der Waals surface area contributed by atoms with E-state index in [9.17, 15) is 10.1 Å². The van der Waals surface area contributed by atoms with Gasteiger partial charge in [0.1, 0.15) is 5.76 Å².